The zero-order valence-corrected chi connectivity index (χ0v) is 10.2. The summed E-state index contributed by atoms with van der Waals surface area (Å²) in [6, 6.07) is 5.16. The number of unbranched alkanes of at least 4 members (excludes halogenated alkanes) is 1. The molecule has 1 aromatic rings. The molecule has 1 rings (SSSR count). The lowest BCUT2D eigenvalue weighted by atomic mass is 10.2. The van der Waals surface area contributed by atoms with Gasteiger partial charge in [0.1, 0.15) is 0 Å². The molecule has 0 unspecified atom stereocenters. The van der Waals surface area contributed by atoms with E-state index in [0.29, 0.717) is 23.7 Å². The first kappa shape index (κ1) is 13.3. The fourth-order valence-electron chi connectivity index (χ4n) is 1.42. The lowest BCUT2D eigenvalue weighted by Gasteiger charge is -2.08. The monoisotopic (exact) mass is 245 g/mol. The van der Waals surface area contributed by atoms with Crippen molar-refractivity contribution in [2.45, 2.75) is 19.4 Å². The van der Waals surface area contributed by atoms with Gasteiger partial charge in [-0.1, -0.05) is 12.1 Å². The molecule has 0 heterocycles. The second kappa shape index (κ2) is 7.47. The molecule has 0 saturated heterocycles. The van der Waals surface area contributed by atoms with Crippen molar-refractivity contribution in [1.29, 1.82) is 0 Å². The minimum absolute atomic E-state index is 0.283. The molecule has 0 aliphatic rings. The lowest BCUT2D eigenvalue weighted by Crippen LogP contribution is -2.15. The van der Waals surface area contributed by atoms with E-state index in [2.05, 4.69) is 5.32 Å². The SMILES string of the molecule is COc1cccc(CNCCCCCl)c1F. The summed E-state index contributed by atoms with van der Waals surface area (Å²) in [6.45, 7) is 1.37. The third kappa shape index (κ3) is 3.99. The standard InChI is InChI=1S/C12H17ClFNO/c1-16-11-6-4-5-10(12(11)14)9-15-8-3-2-7-13/h4-6,15H,2-3,7-9H2,1H3. The van der Waals surface area contributed by atoms with Crippen molar-refractivity contribution in [2.75, 3.05) is 19.5 Å². The number of nitrogens with one attached hydrogen (secondary N) is 1. The third-order valence-corrected chi connectivity index (χ3v) is 2.58. The molecule has 0 atom stereocenters. The van der Waals surface area contributed by atoms with Crippen molar-refractivity contribution in [1.82, 2.24) is 5.32 Å². The second-order valence-electron chi connectivity index (χ2n) is 3.51. The van der Waals surface area contributed by atoms with E-state index in [4.69, 9.17) is 16.3 Å². The van der Waals surface area contributed by atoms with Gasteiger partial charge in [-0.15, -0.1) is 11.6 Å². The molecule has 2 nitrogen and oxygen atoms in total. The van der Waals surface area contributed by atoms with Crippen LogP contribution in [0, 0.1) is 5.82 Å². The van der Waals surface area contributed by atoms with E-state index in [1.54, 1.807) is 18.2 Å². The number of alkyl halides is 1. The van der Waals surface area contributed by atoms with Crippen LogP contribution in [-0.4, -0.2) is 19.5 Å². The fourth-order valence-corrected chi connectivity index (χ4v) is 1.61. The van der Waals surface area contributed by atoms with E-state index in [-0.39, 0.29) is 5.82 Å². The zero-order chi connectivity index (χ0) is 11.8. The predicted molar refractivity (Wildman–Crippen MR) is 64.6 cm³/mol. The van der Waals surface area contributed by atoms with Gasteiger partial charge in [-0.25, -0.2) is 4.39 Å². The zero-order valence-electron chi connectivity index (χ0n) is 9.43. The fraction of sp³-hybridized carbons (Fsp3) is 0.500. The van der Waals surface area contributed by atoms with Gasteiger partial charge in [0.15, 0.2) is 11.6 Å². The van der Waals surface area contributed by atoms with Crippen LogP contribution in [0.3, 0.4) is 0 Å². The summed E-state index contributed by atoms with van der Waals surface area (Å²) in [4.78, 5) is 0. The summed E-state index contributed by atoms with van der Waals surface area (Å²) >= 11 is 5.56. The minimum atomic E-state index is -0.283. The van der Waals surface area contributed by atoms with Crippen LogP contribution in [0.25, 0.3) is 0 Å². The topological polar surface area (TPSA) is 21.3 Å². The highest BCUT2D eigenvalue weighted by atomic mass is 35.5. The largest absolute Gasteiger partial charge is 0.494 e. The number of hydrogen-bond donors (Lipinski definition) is 1. The summed E-state index contributed by atoms with van der Waals surface area (Å²) in [7, 11) is 1.47. The Hall–Kier alpha value is -0.800. The van der Waals surface area contributed by atoms with Crippen LogP contribution in [0.15, 0.2) is 18.2 Å². The smallest absolute Gasteiger partial charge is 0.169 e. The molecule has 0 fully saturated rings. The molecule has 0 spiro atoms. The normalized spacial score (nSPS) is 10.4. The van der Waals surface area contributed by atoms with E-state index in [9.17, 15) is 4.39 Å². The van der Waals surface area contributed by atoms with Crippen LogP contribution in [0.1, 0.15) is 18.4 Å². The number of halogens is 2. The van der Waals surface area contributed by atoms with Gasteiger partial charge in [-0.3, -0.25) is 0 Å². The first-order valence-corrected chi connectivity index (χ1v) is 5.91. The average molecular weight is 246 g/mol. The first-order chi connectivity index (χ1) is 7.79. The van der Waals surface area contributed by atoms with Gasteiger partial charge in [0.05, 0.1) is 7.11 Å². The number of hydrogen-bond acceptors (Lipinski definition) is 2. The lowest BCUT2D eigenvalue weighted by molar-refractivity contribution is 0.383. The summed E-state index contributed by atoms with van der Waals surface area (Å²) in [5.41, 5.74) is 0.630. The maximum atomic E-state index is 13.7. The van der Waals surface area contributed by atoms with Crippen LogP contribution in [0.2, 0.25) is 0 Å². The molecule has 0 radical (unpaired) electrons. The molecular weight excluding hydrogens is 229 g/mol. The molecule has 0 amide bonds. The minimum Gasteiger partial charge on any atom is -0.494 e. The third-order valence-electron chi connectivity index (χ3n) is 2.32. The summed E-state index contributed by atoms with van der Waals surface area (Å²) in [5.74, 6) is 0.685. The van der Waals surface area contributed by atoms with Crippen LogP contribution in [-0.2, 0) is 6.54 Å². The molecule has 0 aliphatic carbocycles. The maximum absolute atomic E-state index is 13.7. The van der Waals surface area contributed by atoms with Gasteiger partial charge in [-0.05, 0) is 25.5 Å². The van der Waals surface area contributed by atoms with E-state index < -0.39 is 0 Å². The Balaban J connectivity index is 2.41. The summed E-state index contributed by atoms with van der Waals surface area (Å²) in [5, 5.41) is 3.17. The van der Waals surface area contributed by atoms with Crippen LogP contribution in [0.4, 0.5) is 4.39 Å². The molecule has 90 valence electrons. The quantitative estimate of drug-likeness (QED) is 0.589. The molecule has 0 bridgehead atoms. The van der Waals surface area contributed by atoms with Crippen molar-refractivity contribution in [3.8, 4) is 5.75 Å². The highest BCUT2D eigenvalue weighted by molar-refractivity contribution is 6.17. The molecular formula is C12H17ClFNO. The van der Waals surface area contributed by atoms with Gasteiger partial charge in [-0.2, -0.15) is 0 Å². The Morgan fingerprint density at radius 2 is 2.19 bits per heavy atom. The number of rotatable bonds is 7. The molecule has 4 heteroatoms. The molecule has 0 aliphatic heterocycles. The van der Waals surface area contributed by atoms with Crippen molar-refractivity contribution >= 4 is 11.6 Å². The van der Waals surface area contributed by atoms with Gasteiger partial charge in [0, 0.05) is 18.0 Å². The molecule has 0 saturated carbocycles. The number of methoxy groups -OCH3 is 1. The van der Waals surface area contributed by atoms with E-state index in [0.717, 1.165) is 19.4 Å². The van der Waals surface area contributed by atoms with E-state index >= 15 is 0 Å². The Labute approximate surface area is 101 Å². The predicted octanol–water partition coefficient (Wildman–Crippen LogP) is 2.94. The highest BCUT2D eigenvalue weighted by Gasteiger charge is 2.06. The highest BCUT2D eigenvalue weighted by Crippen LogP contribution is 2.19. The number of benzene rings is 1. The van der Waals surface area contributed by atoms with Crippen LogP contribution in [0.5, 0.6) is 5.75 Å². The van der Waals surface area contributed by atoms with E-state index in [1.807, 2.05) is 0 Å². The van der Waals surface area contributed by atoms with Crippen molar-refractivity contribution in [3.63, 3.8) is 0 Å². The van der Waals surface area contributed by atoms with Crippen molar-refractivity contribution < 1.29 is 9.13 Å². The summed E-state index contributed by atoms with van der Waals surface area (Å²) in [6.07, 6.45) is 1.99. The second-order valence-corrected chi connectivity index (χ2v) is 3.88. The molecule has 0 aromatic heterocycles. The first-order valence-electron chi connectivity index (χ1n) is 5.37. The van der Waals surface area contributed by atoms with Gasteiger partial charge in [0.2, 0.25) is 0 Å². The van der Waals surface area contributed by atoms with Crippen LogP contribution >= 0.6 is 11.6 Å². The van der Waals surface area contributed by atoms with Gasteiger partial charge < -0.3 is 10.1 Å². The molecule has 16 heavy (non-hydrogen) atoms. The Kier molecular flexibility index (Phi) is 6.19. The molecule has 1 N–H and O–H groups in total. The Morgan fingerprint density at radius 1 is 1.38 bits per heavy atom. The van der Waals surface area contributed by atoms with Gasteiger partial charge in [0.25, 0.3) is 0 Å². The van der Waals surface area contributed by atoms with E-state index in [1.165, 1.54) is 7.11 Å². The Morgan fingerprint density at radius 3 is 2.88 bits per heavy atom. The van der Waals surface area contributed by atoms with Crippen LogP contribution < -0.4 is 10.1 Å². The number of ether oxygens (including phenoxy) is 1. The van der Waals surface area contributed by atoms with Gasteiger partial charge >= 0.3 is 0 Å². The maximum Gasteiger partial charge on any atom is 0.169 e. The average Bonchev–Trinajstić information content (AvgIpc) is 2.31. The van der Waals surface area contributed by atoms with Crippen molar-refractivity contribution in [3.05, 3.63) is 29.6 Å². The summed E-state index contributed by atoms with van der Waals surface area (Å²) < 4.78 is 18.6. The molecule has 1 aromatic carbocycles. The Bertz CT molecular complexity index is 320. The van der Waals surface area contributed by atoms with Crippen molar-refractivity contribution in [2.24, 2.45) is 0 Å².